The molecule has 1 saturated carbocycles. The number of likely N-dealkylation sites (tertiary alicyclic amines) is 1. The lowest BCUT2D eigenvalue weighted by molar-refractivity contribution is -0.141. The number of hydrazine groups is 1. The number of hydrogen-bond donors (Lipinski definition) is 3. The maximum Gasteiger partial charge on any atom is 0.417 e. The van der Waals surface area contributed by atoms with Crippen LogP contribution in [0.3, 0.4) is 0 Å². The van der Waals surface area contributed by atoms with E-state index in [1.54, 1.807) is 30.3 Å². The van der Waals surface area contributed by atoms with Gasteiger partial charge in [0.25, 0.3) is 11.8 Å². The first-order valence-electron chi connectivity index (χ1n) is 17.9. The summed E-state index contributed by atoms with van der Waals surface area (Å²) in [6, 6.07) is 11.5. The molecule has 2 aromatic carbocycles. The fourth-order valence-electron chi connectivity index (χ4n) is 9.05. The molecular formula is C39H35Cl2F3N4O8. The van der Waals surface area contributed by atoms with Crippen LogP contribution in [0.4, 0.5) is 19.0 Å². The predicted molar refractivity (Wildman–Crippen MR) is 194 cm³/mol. The van der Waals surface area contributed by atoms with Crippen molar-refractivity contribution in [2.45, 2.75) is 56.0 Å². The average Bonchev–Trinajstić information content (AvgIpc) is 3.52. The van der Waals surface area contributed by atoms with Crippen LogP contribution in [-0.2, 0) is 35.6 Å². The van der Waals surface area contributed by atoms with Gasteiger partial charge in [0.05, 0.1) is 40.9 Å². The number of carbonyl (C=O) groups excluding carboxylic acids is 4. The molecule has 2 saturated heterocycles. The third-order valence-electron chi connectivity index (χ3n) is 11.5. The van der Waals surface area contributed by atoms with Crippen LogP contribution in [0.5, 0.6) is 11.5 Å². The molecule has 4 amide bonds. The molecule has 0 radical (unpaired) electrons. The number of hydrogen-bond acceptors (Lipinski definition) is 9. The van der Waals surface area contributed by atoms with E-state index >= 15 is 4.79 Å². The Hall–Kier alpha value is -5.15. The van der Waals surface area contributed by atoms with Gasteiger partial charge in [0.2, 0.25) is 11.8 Å². The highest BCUT2D eigenvalue weighted by atomic mass is 35.5. The molecular weight excluding hydrogens is 780 g/mol. The first-order chi connectivity index (χ1) is 26.6. The first-order valence-corrected chi connectivity index (χ1v) is 18.6. The number of carboxylic acid groups (broad SMARTS) is 1. The van der Waals surface area contributed by atoms with E-state index < -0.39 is 81.3 Å². The summed E-state index contributed by atoms with van der Waals surface area (Å²) >= 11 is 12.5. The standard InChI is InChI=1S/C39H35Cl2F3N4O8/c1-56-29-13-6-19(15-28(29)49)32-23-11-12-24-31(36(54)47(34(24)52)14-4-2-3-5-30(50)51)25(23)17-26-35(53)48(37(55)38(26,32)20-7-9-22(40)10-8-20)46-33-27(41)16-21(18-45-33)39(42,43)44/h6-11,13,15-16,18,24-26,31-32,49H,2-5,12,14,17H2,1H3,(H,45,46)(H,50,51)/t24-,25+,26-,31-,32-,38+/m0/s1. The molecule has 0 spiro atoms. The van der Waals surface area contributed by atoms with Crippen molar-refractivity contribution >= 4 is 58.6 Å². The molecule has 56 heavy (non-hydrogen) atoms. The summed E-state index contributed by atoms with van der Waals surface area (Å²) in [5.41, 5.74) is 1.01. The van der Waals surface area contributed by atoms with Gasteiger partial charge < -0.3 is 14.9 Å². The Morgan fingerprint density at radius 1 is 1.00 bits per heavy atom. The zero-order valence-electron chi connectivity index (χ0n) is 29.7. The van der Waals surface area contributed by atoms with Gasteiger partial charge in [0.1, 0.15) is 0 Å². The first kappa shape index (κ1) is 39.1. The Labute approximate surface area is 328 Å². The van der Waals surface area contributed by atoms with Crippen molar-refractivity contribution in [3.63, 3.8) is 0 Å². The largest absolute Gasteiger partial charge is 0.504 e. The molecule has 6 atom stereocenters. The molecule has 3 fully saturated rings. The number of allylic oxidation sites excluding steroid dienone is 2. The lowest BCUT2D eigenvalue weighted by atomic mass is 9.49. The van der Waals surface area contributed by atoms with Gasteiger partial charge in [0.15, 0.2) is 17.3 Å². The maximum atomic E-state index is 15.3. The fraction of sp³-hybridized carbons (Fsp3) is 0.385. The van der Waals surface area contributed by atoms with E-state index in [9.17, 15) is 37.5 Å². The molecule has 3 heterocycles. The molecule has 3 aromatic rings. The number of alkyl halides is 3. The Bertz CT molecular complexity index is 2170. The van der Waals surface area contributed by atoms with Crippen LogP contribution in [0.2, 0.25) is 10.0 Å². The number of aromatic hydroxyl groups is 1. The van der Waals surface area contributed by atoms with Crippen molar-refractivity contribution in [2.24, 2.45) is 23.7 Å². The van der Waals surface area contributed by atoms with Crippen molar-refractivity contribution in [3.8, 4) is 11.5 Å². The summed E-state index contributed by atoms with van der Waals surface area (Å²) in [5, 5.41) is 20.6. The second-order valence-electron chi connectivity index (χ2n) is 14.4. The van der Waals surface area contributed by atoms with Crippen molar-refractivity contribution in [2.75, 3.05) is 19.1 Å². The van der Waals surface area contributed by atoms with Crippen LogP contribution in [0.1, 0.15) is 61.1 Å². The van der Waals surface area contributed by atoms with Crippen LogP contribution in [0.25, 0.3) is 0 Å². The zero-order valence-corrected chi connectivity index (χ0v) is 31.2. The number of phenolic OH excluding ortho intramolecular Hbond substituents is 1. The fourth-order valence-corrected chi connectivity index (χ4v) is 9.39. The number of aromatic nitrogens is 1. The van der Waals surface area contributed by atoms with Gasteiger partial charge >= 0.3 is 12.1 Å². The van der Waals surface area contributed by atoms with Crippen LogP contribution >= 0.6 is 23.2 Å². The number of carboxylic acids is 1. The van der Waals surface area contributed by atoms with Gasteiger partial charge in [0, 0.05) is 30.1 Å². The van der Waals surface area contributed by atoms with Crippen molar-refractivity contribution in [1.82, 2.24) is 14.9 Å². The maximum absolute atomic E-state index is 15.3. The number of benzene rings is 2. The molecule has 2 aliphatic heterocycles. The van der Waals surface area contributed by atoms with Gasteiger partial charge in [-0.05, 0) is 73.1 Å². The van der Waals surface area contributed by atoms with Crippen LogP contribution < -0.4 is 10.2 Å². The number of halogens is 5. The minimum absolute atomic E-state index is 0.0404. The number of rotatable bonds is 11. The predicted octanol–water partition coefficient (Wildman–Crippen LogP) is 6.75. The zero-order chi connectivity index (χ0) is 40.3. The lowest BCUT2D eigenvalue weighted by Crippen LogP contribution is -2.53. The van der Waals surface area contributed by atoms with Crippen LogP contribution in [-0.4, -0.2) is 68.4 Å². The minimum Gasteiger partial charge on any atom is -0.504 e. The topological polar surface area (TPSA) is 166 Å². The summed E-state index contributed by atoms with van der Waals surface area (Å²) in [6.45, 7) is 0.0935. The molecule has 0 bridgehead atoms. The smallest absolute Gasteiger partial charge is 0.417 e. The number of ether oxygens (including phenoxy) is 1. The van der Waals surface area contributed by atoms with E-state index in [0.717, 1.165) is 0 Å². The average molecular weight is 816 g/mol. The van der Waals surface area contributed by atoms with Gasteiger partial charge in [-0.15, -0.1) is 0 Å². The third-order valence-corrected chi connectivity index (χ3v) is 12.0. The number of aliphatic carboxylic acids is 1. The molecule has 294 valence electrons. The normalized spacial score (nSPS) is 25.8. The van der Waals surface area contributed by atoms with Gasteiger partial charge in [-0.25, -0.2) is 4.98 Å². The number of phenols is 1. The molecule has 3 N–H and O–H groups in total. The Morgan fingerprint density at radius 3 is 2.38 bits per heavy atom. The Kier molecular flexibility index (Phi) is 10.3. The Balaban J connectivity index is 1.35. The lowest BCUT2D eigenvalue weighted by Gasteiger charge is -2.50. The van der Waals surface area contributed by atoms with Gasteiger partial charge in [-0.2, -0.15) is 18.2 Å². The highest BCUT2D eigenvalue weighted by molar-refractivity contribution is 6.33. The summed E-state index contributed by atoms with van der Waals surface area (Å²) in [6.07, 6.45) is -1.12. The third kappa shape index (κ3) is 6.43. The van der Waals surface area contributed by atoms with E-state index in [0.29, 0.717) is 58.3 Å². The quantitative estimate of drug-likeness (QED) is 0.107. The minimum atomic E-state index is -4.77. The number of imide groups is 2. The monoisotopic (exact) mass is 814 g/mol. The van der Waals surface area contributed by atoms with Crippen LogP contribution in [0, 0.1) is 23.7 Å². The molecule has 7 rings (SSSR count). The number of carbonyl (C=O) groups is 5. The van der Waals surface area contributed by atoms with Crippen molar-refractivity contribution in [3.05, 3.63) is 93.1 Å². The SMILES string of the molecule is COc1ccc([C@H]2C3=CC[C@@H]4C(=O)N(CCCCCC(=O)O)C(=O)[C@@H]4[C@@H]3C[C@H]3C(=O)N(Nc4ncc(C(F)(F)F)cc4Cl)C(=O)[C@@]23c2ccc(Cl)cc2)cc1O. The second kappa shape index (κ2) is 14.7. The highest BCUT2D eigenvalue weighted by Gasteiger charge is 2.70. The molecule has 1 aromatic heterocycles. The summed E-state index contributed by atoms with van der Waals surface area (Å²) in [5.74, 6) is -8.48. The van der Waals surface area contributed by atoms with E-state index in [4.69, 9.17) is 33.0 Å². The number of fused-ring (bicyclic) bond motifs is 4. The van der Waals surface area contributed by atoms with Crippen molar-refractivity contribution in [1.29, 1.82) is 0 Å². The molecule has 12 nitrogen and oxygen atoms in total. The summed E-state index contributed by atoms with van der Waals surface area (Å²) < 4.78 is 45.7. The highest BCUT2D eigenvalue weighted by Crippen LogP contribution is 2.64. The molecule has 4 aliphatic rings. The molecule has 2 aliphatic carbocycles. The second-order valence-corrected chi connectivity index (χ2v) is 15.2. The van der Waals surface area contributed by atoms with E-state index in [1.807, 2.05) is 6.08 Å². The van der Waals surface area contributed by atoms with E-state index in [1.165, 1.54) is 24.1 Å². The van der Waals surface area contributed by atoms with Crippen molar-refractivity contribution < 1.29 is 52.1 Å². The van der Waals surface area contributed by atoms with Gasteiger partial charge in [-0.1, -0.05) is 59.5 Å². The number of unbranched alkanes of at least 4 members (excludes halogenated alkanes) is 2. The van der Waals surface area contributed by atoms with E-state index in [-0.39, 0.29) is 43.2 Å². The number of methoxy groups -OCH3 is 1. The number of amides is 4. The van der Waals surface area contributed by atoms with Gasteiger partial charge in [-0.3, -0.25) is 34.3 Å². The summed E-state index contributed by atoms with van der Waals surface area (Å²) in [4.78, 5) is 74.1. The Morgan fingerprint density at radius 2 is 1.73 bits per heavy atom. The van der Waals surface area contributed by atoms with E-state index in [2.05, 4.69) is 10.4 Å². The number of pyridine rings is 1. The van der Waals surface area contributed by atoms with Crippen LogP contribution in [0.15, 0.2) is 66.4 Å². The number of anilines is 1. The number of nitrogens with one attached hydrogen (secondary N) is 1. The number of nitrogens with zero attached hydrogens (tertiary/aromatic N) is 3. The summed E-state index contributed by atoms with van der Waals surface area (Å²) in [7, 11) is 1.37. The molecule has 0 unspecified atom stereocenters. The molecule has 17 heteroatoms.